The Balaban J connectivity index is 2.50. The van der Waals surface area contributed by atoms with Crippen LogP contribution in [0.5, 0.6) is 0 Å². The SMILES string of the molecule is CCC/C(=C1\C(=O)CC(C)(C)[C@H](C(=O)OC)C1=O)N1CCCC1. The van der Waals surface area contributed by atoms with Gasteiger partial charge in [-0.25, -0.2) is 0 Å². The number of nitrogens with zero attached hydrogens (tertiary/aromatic N) is 1. The number of ether oxygens (including phenoxy) is 1. The maximum absolute atomic E-state index is 13.0. The minimum Gasteiger partial charge on any atom is -0.468 e. The van der Waals surface area contributed by atoms with Gasteiger partial charge in [0.25, 0.3) is 0 Å². The van der Waals surface area contributed by atoms with Crippen LogP contribution in [0.1, 0.15) is 52.9 Å². The van der Waals surface area contributed by atoms with Crippen LogP contribution in [-0.2, 0) is 19.1 Å². The molecule has 0 aromatic carbocycles. The molecule has 0 radical (unpaired) electrons. The highest BCUT2D eigenvalue weighted by Crippen LogP contribution is 2.41. The molecule has 23 heavy (non-hydrogen) atoms. The third-order valence-electron chi connectivity index (χ3n) is 4.89. The molecule has 0 aromatic heterocycles. The molecule has 1 heterocycles. The van der Waals surface area contributed by atoms with Gasteiger partial charge < -0.3 is 9.64 Å². The third-order valence-corrected chi connectivity index (χ3v) is 4.89. The molecule has 0 unspecified atom stereocenters. The lowest BCUT2D eigenvalue weighted by atomic mass is 9.65. The Morgan fingerprint density at radius 1 is 1.26 bits per heavy atom. The van der Waals surface area contributed by atoms with Gasteiger partial charge >= 0.3 is 5.97 Å². The van der Waals surface area contributed by atoms with Gasteiger partial charge in [-0.3, -0.25) is 14.4 Å². The molecule has 128 valence electrons. The molecular formula is C18H27NO4. The Labute approximate surface area is 138 Å². The summed E-state index contributed by atoms with van der Waals surface area (Å²) in [5, 5.41) is 0. The smallest absolute Gasteiger partial charge is 0.317 e. The zero-order valence-corrected chi connectivity index (χ0v) is 14.6. The van der Waals surface area contributed by atoms with E-state index in [4.69, 9.17) is 4.74 Å². The van der Waals surface area contributed by atoms with Crippen molar-refractivity contribution in [3.05, 3.63) is 11.3 Å². The molecule has 1 atom stereocenters. The number of ketones is 2. The molecule has 0 bridgehead atoms. The average molecular weight is 321 g/mol. The molecule has 1 saturated heterocycles. The summed E-state index contributed by atoms with van der Waals surface area (Å²) < 4.78 is 4.84. The highest BCUT2D eigenvalue weighted by molar-refractivity contribution is 6.27. The zero-order chi connectivity index (χ0) is 17.2. The highest BCUT2D eigenvalue weighted by Gasteiger charge is 2.50. The van der Waals surface area contributed by atoms with Gasteiger partial charge in [-0.1, -0.05) is 27.2 Å². The van der Waals surface area contributed by atoms with Crippen LogP contribution in [0.15, 0.2) is 11.3 Å². The average Bonchev–Trinajstić information content (AvgIpc) is 2.98. The molecule has 0 aromatic rings. The molecule has 5 nitrogen and oxygen atoms in total. The van der Waals surface area contributed by atoms with Crippen molar-refractivity contribution in [1.82, 2.24) is 4.90 Å². The van der Waals surface area contributed by atoms with E-state index in [1.165, 1.54) is 7.11 Å². The van der Waals surface area contributed by atoms with E-state index < -0.39 is 17.3 Å². The predicted octanol–water partition coefficient (Wildman–Crippen LogP) is 2.49. The van der Waals surface area contributed by atoms with Crippen molar-refractivity contribution in [3.63, 3.8) is 0 Å². The maximum atomic E-state index is 13.0. The Hall–Kier alpha value is -1.65. The standard InChI is InChI=1S/C18H27NO4/c1-5-8-12(19-9-6-7-10-19)14-13(20)11-18(2,3)15(16(14)21)17(22)23-4/h15H,5-11H2,1-4H3/b14-12-/t15-/m0/s1. The van der Waals surface area contributed by atoms with Crippen LogP contribution in [0.25, 0.3) is 0 Å². The van der Waals surface area contributed by atoms with Gasteiger partial charge in [0, 0.05) is 25.2 Å². The molecule has 1 aliphatic carbocycles. The Bertz CT molecular complexity index is 541. The monoisotopic (exact) mass is 321 g/mol. The van der Waals surface area contributed by atoms with Crippen molar-refractivity contribution in [2.75, 3.05) is 20.2 Å². The summed E-state index contributed by atoms with van der Waals surface area (Å²) in [5.74, 6) is -1.92. The third kappa shape index (κ3) is 3.33. The molecule has 2 aliphatic rings. The molecule has 2 rings (SSSR count). The number of hydrogen-bond donors (Lipinski definition) is 0. The van der Waals surface area contributed by atoms with Crippen molar-refractivity contribution in [2.45, 2.75) is 52.9 Å². The van der Waals surface area contributed by atoms with Gasteiger partial charge in [-0.2, -0.15) is 0 Å². The second-order valence-corrected chi connectivity index (χ2v) is 7.17. The first-order valence-corrected chi connectivity index (χ1v) is 8.46. The van der Waals surface area contributed by atoms with E-state index in [0.29, 0.717) is 6.42 Å². The zero-order valence-electron chi connectivity index (χ0n) is 14.6. The van der Waals surface area contributed by atoms with Crippen molar-refractivity contribution >= 4 is 17.5 Å². The summed E-state index contributed by atoms with van der Waals surface area (Å²) >= 11 is 0. The molecule has 0 spiro atoms. The van der Waals surface area contributed by atoms with Crippen molar-refractivity contribution in [3.8, 4) is 0 Å². The summed E-state index contributed by atoms with van der Waals surface area (Å²) in [5.41, 5.74) is 0.389. The van der Waals surface area contributed by atoms with E-state index in [1.807, 2.05) is 6.92 Å². The predicted molar refractivity (Wildman–Crippen MR) is 86.7 cm³/mol. The van der Waals surface area contributed by atoms with Crippen LogP contribution in [-0.4, -0.2) is 42.6 Å². The van der Waals surface area contributed by atoms with E-state index in [2.05, 4.69) is 4.90 Å². The van der Waals surface area contributed by atoms with E-state index in [9.17, 15) is 14.4 Å². The molecule has 5 heteroatoms. The van der Waals surface area contributed by atoms with Gasteiger partial charge in [0.2, 0.25) is 0 Å². The van der Waals surface area contributed by atoms with Gasteiger partial charge in [0.05, 0.1) is 12.7 Å². The Morgan fingerprint density at radius 3 is 2.39 bits per heavy atom. The first kappa shape index (κ1) is 17.7. The van der Waals surface area contributed by atoms with Crippen LogP contribution in [0.2, 0.25) is 0 Å². The lowest BCUT2D eigenvalue weighted by molar-refractivity contribution is -0.155. The topological polar surface area (TPSA) is 63.7 Å². The number of Topliss-reactive ketones (excluding diaryl/α,β-unsaturated/α-hetero) is 2. The summed E-state index contributed by atoms with van der Waals surface area (Å²) in [6, 6.07) is 0. The first-order chi connectivity index (χ1) is 10.8. The molecular weight excluding hydrogens is 294 g/mol. The molecule has 2 fully saturated rings. The summed E-state index contributed by atoms with van der Waals surface area (Å²) in [6.45, 7) is 7.38. The fraction of sp³-hybridized carbons (Fsp3) is 0.722. The fourth-order valence-electron chi connectivity index (χ4n) is 3.75. The Kier molecular flexibility index (Phi) is 5.27. The summed E-state index contributed by atoms with van der Waals surface area (Å²) in [7, 11) is 1.29. The normalized spacial score (nSPS) is 26.4. The van der Waals surface area contributed by atoms with Crippen LogP contribution in [0.4, 0.5) is 0 Å². The number of hydrogen-bond acceptors (Lipinski definition) is 5. The van der Waals surface area contributed by atoms with Gasteiger partial charge in [-0.05, 0) is 24.7 Å². The van der Waals surface area contributed by atoms with Crippen LogP contribution < -0.4 is 0 Å². The molecule has 1 aliphatic heterocycles. The van der Waals surface area contributed by atoms with E-state index >= 15 is 0 Å². The number of esters is 1. The van der Waals surface area contributed by atoms with Gasteiger partial charge in [0.15, 0.2) is 11.6 Å². The number of allylic oxidation sites excluding steroid dienone is 2. The summed E-state index contributed by atoms with van der Waals surface area (Å²) in [4.78, 5) is 40.0. The van der Waals surface area contributed by atoms with E-state index in [0.717, 1.165) is 38.0 Å². The maximum Gasteiger partial charge on any atom is 0.317 e. The van der Waals surface area contributed by atoms with Crippen molar-refractivity contribution < 1.29 is 19.1 Å². The molecule has 1 saturated carbocycles. The largest absolute Gasteiger partial charge is 0.468 e. The van der Waals surface area contributed by atoms with Gasteiger partial charge in [0.1, 0.15) is 5.92 Å². The Morgan fingerprint density at radius 2 is 1.87 bits per heavy atom. The first-order valence-electron chi connectivity index (χ1n) is 8.46. The van der Waals surface area contributed by atoms with E-state index in [-0.39, 0.29) is 23.6 Å². The summed E-state index contributed by atoms with van der Waals surface area (Å²) in [6.07, 6.45) is 3.92. The van der Waals surface area contributed by atoms with Crippen molar-refractivity contribution in [1.29, 1.82) is 0 Å². The molecule has 0 N–H and O–H groups in total. The minimum absolute atomic E-state index is 0.129. The van der Waals surface area contributed by atoms with Crippen LogP contribution >= 0.6 is 0 Å². The quantitative estimate of drug-likeness (QED) is 0.344. The minimum atomic E-state index is -0.894. The van der Waals surface area contributed by atoms with Crippen LogP contribution in [0, 0.1) is 11.3 Å². The fourth-order valence-corrected chi connectivity index (χ4v) is 3.75. The second kappa shape index (κ2) is 6.85. The van der Waals surface area contributed by atoms with Gasteiger partial charge in [-0.15, -0.1) is 0 Å². The van der Waals surface area contributed by atoms with E-state index in [1.54, 1.807) is 13.8 Å². The number of carbonyl (C=O) groups excluding carboxylic acids is 3. The van der Waals surface area contributed by atoms with Crippen molar-refractivity contribution in [2.24, 2.45) is 11.3 Å². The lowest BCUT2D eigenvalue weighted by Crippen LogP contribution is -2.47. The highest BCUT2D eigenvalue weighted by atomic mass is 16.5. The number of methoxy groups -OCH3 is 1. The van der Waals surface area contributed by atoms with Crippen LogP contribution in [0.3, 0.4) is 0 Å². The number of likely N-dealkylation sites (tertiary alicyclic amines) is 1. The number of rotatable bonds is 4. The molecule has 0 amide bonds. The number of carbonyl (C=O) groups is 3. The second-order valence-electron chi connectivity index (χ2n) is 7.17. The lowest BCUT2D eigenvalue weighted by Gasteiger charge is -2.37.